The summed E-state index contributed by atoms with van der Waals surface area (Å²) >= 11 is 0. The first kappa shape index (κ1) is 36.5. The zero-order valence-electron chi connectivity index (χ0n) is 29.5. The standard InChI is InChI=1S/C37H50N4O7/c1-24-14-16-28(46-19-18-38-35(45)48-37(6,7)8)20-27(24)22-39-33(43)30(17-15-26-12-10-9-11-13-26)41-23-31(41)32(47-36(3,4)5)21-29(34(41)44)40-25(2)42/h9-14,16,20,29-30H,15,17-19,21-23H2,1-8H3,(H2-,38,39,40,42,43,45)/p+1/t29-,30-,41?/m0/s1. The molecular weight excluding hydrogens is 612 g/mol. The second-order valence-electron chi connectivity index (χ2n) is 14.5. The minimum atomic E-state index is -0.793. The van der Waals surface area contributed by atoms with E-state index in [2.05, 4.69) is 16.0 Å². The van der Waals surface area contributed by atoms with Gasteiger partial charge in [0.1, 0.15) is 23.6 Å². The molecule has 260 valence electrons. The molecule has 48 heavy (non-hydrogen) atoms. The maximum atomic E-state index is 14.2. The molecule has 3 N–H and O–H groups in total. The van der Waals surface area contributed by atoms with E-state index in [9.17, 15) is 19.2 Å². The van der Waals surface area contributed by atoms with Crippen molar-refractivity contribution in [1.82, 2.24) is 16.0 Å². The van der Waals surface area contributed by atoms with Crippen molar-refractivity contribution in [2.24, 2.45) is 0 Å². The number of carbonyl (C=O) groups excluding carboxylic acids is 4. The molecule has 0 aromatic heterocycles. The maximum Gasteiger partial charge on any atom is 0.407 e. The summed E-state index contributed by atoms with van der Waals surface area (Å²) in [5.74, 6) is 0.514. The predicted octanol–water partition coefficient (Wildman–Crippen LogP) is 4.81. The lowest BCUT2D eigenvalue weighted by Gasteiger charge is -2.33. The maximum absolute atomic E-state index is 14.2. The molecule has 0 saturated carbocycles. The lowest BCUT2D eigenvalue weighted by molar-refractivity contribution is -0.722. The fourth-order valence-electron chi connectivity index (χ4n) is 6.04. The first-order chi connectivity index (χ1) is 22.5. The molecular formula is C37H51N4O7+. The molecule has 4 rings (SSSR count). The van der Waals surface area contributed by atoms with Crippen LogP contribution in [0.2, 0.25) is 0 Å². The highest BCUT2D eigenvalue weighted by atomic mass is 16.6. The summed E-state index contributed by atoms with van der Waals surface area (Å²) in [7, 11) is 0. The molecule has 1 unspecified atom stereocenters. The number of carbonyl (C=O) groups is 4. The van der Waals surface area contributed by atoms with Crippen molar-refractivity contribution >= 4 is 23.8 Å². The highest BCUT2D eigenvalue weighted by molar-refractivity contribution is 5.90. The van der Waals surface area contributed by atoms with Crippen LogP contribution in [-0.2, 0) is 36.8 Å². The van der Waals surface area contributed by atoms with E-state index in [4.69, 9.17) is 14.2 Å². The molecule has 1 saturated heterocycles. The molecule has 0 spiro atoms. The quantitative estimate of drug-likeness (QED) is 0.159. The first-order valence-corrected chi connectivity index (χ1v) is 16.6. The van der Waals surface area contributed by atoms with Crippen molar-refractivity contribution in [2.75, 3.05) is 19.7 Å². The number of amides is 4. The van der Waals surface area contributed by atoms with E-state index in [1.54, 1.807) is 20.8 Å². The summed E-state index contributed by atoms with van der Waals surface area (Å²) in [4.78, 5) is 52.4. The minimum Gasteiger partial charge on any atom is -0.492 e. The average Bonchev–Trinajstić information content (AvgIpc) is 3.74. The molecule has 2 aromatic carbocycles. The zero-order valence-corrected chi connectivity index (χ0v) is 29.5. The van der Waals surface area contributed by atoms with Gasteiger partial charge in [-0.25, -0.2) is 14.1 Å². The van der Waals surface area contributed by atoms with Crippen LogP contribution < -0.4 is 20.7 Å². The van der Waals surface area contributed by atoms with E-state index in [1.165, 1.54) is 6.92 Å². The monoisotopic (exact) mass is 663 g/mol. The van der Waals surface area contributed by atoms with Crippen LogP contribution in [0.1, 0.15) is 78.0 Å². The Hall–Kier alpha value is -4.38. The molecule has 2 aliphatic heterocycles. The summed E-state index contributed by atoms with van der Waals surface area (Å²) < 4.78 is 17.3. The third-order valence-corrected chi connectivity index (χ3v) is 8.18. The molecule has 2 aliphatic rings. The number of fused-ring (bicyclic) bond motifs is 1. The Labute approximate surface area is 284 Å². The van der Waals surface area contributed by atoms with Crippen LogP contribution in [0, 0.1) is 6.92 Å². The van der Waals surface area contributed by atoms with Crippen LogP contribution in [0.15, 0.2) is 60.0 Å². The summed E-state index contributed by atoms with van der Waals surface area (Å²) in [6.45, 7) is 15.7. The Balaban J connectivity index is 1.52. The molecule has 11 heteroatoms. The molecule has 0 aliphatic carbocycles. The van der Waals surface area contributed by atoms with Gasteiger partial charge in [0.25, 0.3) is 5.91 Å². The van der Waals surface area contributed by atoms with E-state index in [-0.39, 0.29) is 48.3 Å². The second kappa shape index (κ2) is 14.8. The van der Waals surface area contributed by atoms with Crippen molar-refractivity contribution < 1.29 is 37.9 Å². The van der Waals surface area contributed by atoms with Gasteiger partial charge >= 0.3 is 12.0 Å². The second-order valence-corrected chi connectivity index (χ2v) is 14.5. The lowest BCUT2D eigenvalue weighted by Crippen LogP contribution is -2.59. The Morgan fingerprint density at radius 3 is 2.33 bits per heavy atom. The first-order valence-electron chi connectivity index (χ1n) is 16.6. The molecule has 2 heterocycles. The fourth-order valence-corrected chi connectivity index (χ4v) is 6.04. The van der Waals surface area contributed by atoms with Crippen LogP contribution in [0.3, 0.4) is 0 Å². The van der Waals surface area contributed by atoms with Gasteiger partial charge in [-0.2, -0.15) is 0 Å². The summed E-state index contributed by atoms with van der Waals surface area (Å²) in [6.07, 6.45) is 0.771. The number of quaternary nitrogens is 1. The normalized spacial score (nSPS) is 19.5. The Kier molecular flexibility index (Phi) is 11.2. The molecule has 2 aromatic rings. The largest absolute Gasteiger partial charge is 0.492 e. The number of aryl methyl sites for hydroxylation is 2. The van der Waals surface area contributed by atoms with Gasteiger partial charge in [0.15, 0.2) is 24.4 Å². The molecule has 11 nitrogen and oxygen atoms in total. The number of ether oxygens (including phenoxy) is 3. The number of rotatable bonds is 13. The molecule has 0 radical (unpaired) electrons. The Bertz CT molecular complexity index is 1540. The number of alkyl carbamates (subject to hydrolysis) is 1. The number of hydrogen-bond acceptors (Lipinski definition) is 7. The lowest BCUT2D eigenvalue weighted by atomic mass is 9.99. The smallest absolute Gasteiger partial charge is 0.407 e. The van der Waals surface area contributed by atoms with Gasteiger partial charge in [-0.15, -0.1) is 0 Å². The summed E-state index contributed by atoms with van der Waals surface area (Å²) in [5.41, 5.74) is 2.60. The van der Waals surface area contributed by atoms with E-state index in [0.717, 1.165) is 22.4 Å². The van der Waals surface area contributed by atoms with Gasteiger partial charge in [0.05, 0.1) is 6.54 Å². The molecule has 3 atom stereocenters. The Morgan fingerprint density at radius 2 is 1.69 bits per heavy atom. The van der Waals surface area contributed by atoms with Crippen molar-refractivity contribution in [3.8, 4) is 5.75 Å². The average molecular weight is 664 g/mol. The topological polar surface area (TPSA) is 132 Å². The van der Waals surface area contributed by atoms with Gasteiger partial charge in [-0.05, 0) is 83.7 Å². The summed E-state index contributed by atoms with van der Waals surface area (Å²) in [6, 6.07) is 14.0. The van der Waals surface area contributed by atoms with Crippen LogP contribution in [-0.4, -0.2) is 71.3 Å². The van der Waals surface area contributed by atoms with Gasteiger partial charge in [-0.3, -0.25) is 9.59 Å². The minimum absolute atomic E-state index is 0.151. The summed E-state index contributed by atoms with van der Waals surface area (Å²) in [5, 5.41) is 8.59. The number of benzene rings is 2. The number of hydrogen-bond donors (Lipinski definition) is 3. The van der Waals surface area contributed by atoms with Crippen LogP contribution >= 0.6 is 0 Å². The van der Waals surface area contributed by atoms with E-state index >= 15 is 0 Å². The van der Waals surface area contributed by atoms with Crippen molar-refractivity contribution in [3.63, 3.8) is 0 Å². The highest BCUT2D eigenvalue weighted by Gasteiger charge is 2.70. The van der Waals surface area contributed by atoms with E-state index in [0.29, 0.717) is 30.9 Å². The number of nitrogens with one attached hydrogen (secondary N) is 3. The van der Waals surface area contributed by atoms with Crippen LogP contribution in [0.25, 0.3) is 0 Å². The van der Waals surface area contributed by atoms with Gasteiger partial charge in [-0.1, -0.05) is 36.4 Å². The fraction of sp³-hybridized carbons (Fsp3) is 0.514. The SMILES string of the molecule is CC(=O)N[C@H]1CC(OC(C)(C)C)=C2C[N+]2([C@@H](CCc2ccccc2)C(=O)NCc2cc(OCCNC(=O)OC(C)(C)C)ccc2C)C1=O. The van der Waals surface area contributed by atoms with Gasteiger partial charge in [0, 0.05) is 26.3 Å². The molecule has 4 amide bonds. The van der Waals surface area contributed by atoms with Crippen LogP contribution in [0.4, 0.5) is 4.79 Å². The van der Waals surface area contributed by atoms with E-state index < -0.39 is 29.4 Å². The highest BCUT2D eigenvalue weighted by Crippen LogP contribution is 2.49. The molecule has 0 bridgehead atoms. The predicted molar refractivity (Wildman–Crippen MR) is 182 cm³/mol. The van der Waals surface area contributed by atoms with Crippen molar-refractivity contribution in [1.29, 1.82) is 0 Å². The van der Waals surface area contributed by atoms with Crippen molar-refractivity contribution in [2.45, 2.75) is 104 Å². The third kappa shape index (κ3) is 9.59. The molecule has 1 fully saturated rings. The third-order valence-electron chi connectivity index (χ3n) is 8.18. The van der Waals surface area contributed by atoms with Gasteiger partial charge < -0.3 is 30.2 Å². The van der Waals surface area contributed by atoms with Crippen molar-refractivity contribution in [3.05, 3.63) is 76.7 Å². The van der Waals surface area contributed by atoms with E-state index in [1.807, 2.05) is 76.2 Å². The van der Waals surface area contributed by atoms with Crippen LogP contribution in [0.5, 0.6) is 5.75 Å². The number of nitrogens with zero attached hydrogens (tertiary/aromatic N) is 1. The Morgan fingerprint density at radius 1 is 0.979 bits per heavy atom. The van der Waals surface area contributed by atoms with Gasteiger partial charge in [0.2, 0.25) is 11.6 Å². The zero-order chi connectivity index (χ0) is 35.3.